The van der Waals surface area contributed by atoms with Crippen molar-refractivity contribution in [2.24, 2.45) is 16.6 Å². The molecule has 0 aromatic heterocycles. The lowest BCUT2D eigenvalue weighted by Crippen LogP contribution is -2.51. The maximum absolute atomic E-state index is 12.5. The molecule has 5 heteroatoms. The number of carbonyl (C=O) groups excluding carboxylic acids is 1. The lowest BCUT2D eigenvalue weighted by molar-refractivity contribution is -0.147. The Balaban J connectivity index is 0.00000289. The fourth-order valence-corrected chi connectivity index (χ4v) is 2.46. The highest BCUT2D eigenvalue weighted by atomic mass is 35.5. The Morgan fingerprint density at radius 2 is 1.83 bits per heavy atom. The molecule has 4 nitrogen and oxygen atoms in total. The number of amides is 1. The van der Waals surface area contributed by atoms with Gasteiger partial charge in [-0.15, -0.1) is 12.4 Å². The monoisotopic (exact) mass is 278 g/mol. The quantitative estimate of drug-likeness (QED) is 0.854. The number of nitrogens with zero attached hydrogens (tertiary/aromatic N) is 1. The second-order valence-corrected chi connectivity index (χ2v) is 6.32. The minimum Gasteiger partial charge on any atom is -0.381 e. The van der Waals surface area contributed by atoms with Gasteiger partial charge in [0.2, 0.25) is 5.91 Å². The largest absolute Gasteiger partial charge is 0.381 e. The summed E-state index contributed by atoms with van der Waals surface area (Å²) in [7, 11) is 1.88. The van der Waals surface area contributed by atoms with Gasteiger partial charge in [0.15, 0.2) is 0 Å². The molecule has 1 amide bonds. The fraction of sp³-hybridized carbons (Fsp3) is 0.923. The van der Waals surface area contributed by atoms with Crippen LogP contribution >= 0.6 is 12.4 Å². The van der Waals surface area contributed by atoms with Crippen LogP contribution in [-0.2, 0) is 9.53 Å². The van der Waals surface area contributed by atoms with Gasteiger partial charge in [-0.1, -0.05) is 20.8 Å². The summed E-state index contributed by atoms with van der Waals surface area (Å²) >= 11 is 0. The number of hydrogen-bond acceptors (Lipinski definition) is 3. The van der Waals surface area contributed by atoms with Crippen molar-refractivity contribution in [3.63, 3.8) is 0 Å². The standard InChI is InChI=1S/C13H26N2O2.ClH/c1-12(2,3)10-15(4)11(16)13(9-14)5-7-17-8-6-13;/h5-10,14H2,1-4H3;1H. The molecule has 1 aliphatic heterocycles. The summed E-state index contributed by atoms with van der Waals surface area (Å²) in [4.78, 5) is 14.4. The number of halogens is 1. The van der Waals surface area contributed by atoms with Gasteiger partial charge in [0.1, 0.15) is 0 Å². The van der Waals surface area contributed by atoms with Gasteiger partial charge in [-0.2, -0.15) is 0 Å². The predicted molar refractivity (Wildman–Crippen MR) is 75.9 cm³/mol. The zero-order chi connectivity index (χ0) is 13.1. The van der Waals surface area contributed by atoms with Crippen LogP contribution in [0.4, 0.5) is 0 Å². The molecule has 0 spiro atoms. The van der Waals surface area contributed by atoms with Crippen LogP contribution in [0, 0.1) is 10.8 Å². The summed E-state index contributed by atoms with van der Waals surface area (Å²) in [5.74, 6) is 0.179. The Labute approximate surface area is 117 Å². The molecule has 0 atom stereocenters. The second kappa shape index (κ2) is 6.73. The summed E-state index contributed by atoms with van der Waals surface area (Å²) in [5, 5.41) is 0. The number of carbonyl (C=O) groups is 1. The normalized spacial score (nSPS) is 18.9. The Morgan fingerprint density at radius 3 is 2.22 bits per heavy atom. The number of hydrogen-bond donors (Lipinski definition) is 1. The Morgan fingerprint density at radius 1 is 1.33 bits per heavy atom. The first-order valence-corrected chi connectivity index (χ1v) is 6.34. The molecule has 1 rings (SSSR count). The lowest BCUT2D eigenvalue weighted by atomic mass is 9.78. The topological polar surface area (TPSA) is 55.6 Å². The van der Waals surface area contributed by atoms with Crippen molar-refractivity contribution in [1.29, 1.82) is 0 Å². The van der Waals surface area contributed by atoms with Crippen molar-refractivity contribution in [3.05, 3.63) is 0 Å². The van der Waals surface area contributed by atoms with E-state index in [1.807, 2.05) is 11.9 Å². The Hall–Kier alpha value is -0.320. The zero-order valence-electron chi connectivity index (χ0n) is 12.0. The van der Waals surface area contributed by atoms with Gasteiger partial charge in [-0.05, 0) is 18.3 Å². The minimum atomic E-state index is -0.391. The third-order valence-electron chi connectivity index (χ3n) is 3.35. The van der Waals surface area contributed by atoms with Gasteiger partial charge < -0.3 is 15.4 Å². The molecular formula is C13H27ClN2O2. The van der Waals surface area contributed by atoms with Crippen molar-refractivity contribution in [2.75, 3.05) is 33.4 Å². The van der Waals surface area contributed by atoms with E-state index in [0.717, 1.165) is 19.4 Å². The Bertz CT molecular complexity index is 271. The zero-order valence-corrected chi connectivity index (χ0v) is 12.8. The number of rotatable bonds is 3. The second-order valence-electron chi connectivity index (χ2n) is 6.32. The van der Waals surface area contributed by atoms with E-state index in [1.165, 1.54) is 0 Å². The highest BCUT2D eigenvalue weighted by Gasteiger charge is 2.41. The van der Waals surface area contributed by atoms with Gasteiger partial charge in [0.25, 0.3) is 0 Å². The first-order valence-electron chi connectivity index (χ1n) is 6.34. The van der Waals surface area contributed by atoms with E-state index >= 15 is 0 Å². The molecule has 0 radical (unpaired) electrons. The third kappa shape index (κ3) is 4.41. The van der Waals surface area contributed by atoms with Crippen LogP contribution in [-0.4, -0.2) is 44.2 Å². The summed E-state index contributed by atoms with van der Waals surface area (Å²) in [5.41, 5.74) is 5.56. The fourth-order valence-electron chi connectivity index (χ4n) is 2.46. The molecule has 0 bridgehead atoms. The maximum Gasteiger partial charge on any atom is 0.230 e. The maximum atomic E-state index is 12.5. The van der Waals surface area contributed by atoms with Crippen molar-refractivity contribution < 1.29 is 9.53 Å². The van der Waals surface area contributed by atoms with Gasteiger partial charge >= 0.3 is 0 Å². The molecule has 0 aromatic carbocycles. The minimum absolute atomic E-state index is 0. The highest BCUT2D eigenvalue weighted by Crippen LogP contribution is 2.32. The van der Waals surface area contributed by atoms with E-state index in [2.05, 4.69) is 20.8 Å². The first-order chi connectivity index (χ1) is 7.81. The highest BCUT2D eigenvalue weighted by molar-refractivity contribution is 5.85. The van der Waals surface area contributed by atoms with E-state index < -0.39 is 5.41 Å². The van der Waals surface area contributed by atoms with E-state index in [1.54, 1.807) is 0 Å². The van der Waals surface area contributed by atoms with E-state index in [9.17, 15) is 4.79 Å². The average Bonchev–Trinajstić information content (AvgIpc) is 2.26. The SMILES string of the molecule is CN(CC(C)(C)C)C(=O)C1(CN)CCOCC1.Cl. The summed E-state index contributed by atoms with van der Waals surface area (Å²) in [6.45, 7) is 8.87. The molecule has 0 saturated carbocycles. The van der Waals surface area contributed by atoms with Gasteiger partial charge in [0.05, 0.1) is 5.41 Å². The van der Waals surface area contributed by atoms with Crippen LogP contribution in [0.5, 0.6) is 0 Å². The van der Waals surface area contributed by atoms with Crippen LogP contribution < -0.4 is 5.73 Å². The Kier molecular flexibility index (Phi) is 6.61. The molecule has 1 fully saturated rings. The molecule has 18 heavy (non-hydrogen) atoms. The predicted octanol–water partition coefficient (Wildman–Crippen LogP) is 1.67. The van der Waals surface area contributed by atoms with Crippen LogP contribution in [0.15, 0.2) is 0 Å². The molecule has 0 aromatic rings. The van der Waals surface area contributed by atoms with Crippen molar-refractivity contribution in [3.8, 4) is 0 Å². The van der Waals surface area contributed by atoms with Crippen LogP contribution in [0.1, 0.15) is 33.6 Å². The lowest BCUT2D eigenvalue weighted by Gasteiger charge is -2.39. The van der Waals surface area contributed by atoms with E-state index in [4.69, 9.17) is 10.5 Å². The van der Waals surface area contributed by atoms with Crippen molar-refractivity contribution in [1.82, 2.24) is 4.90 Å². The van der Waals surface area contributed by atoms with Gasteiger partial charge in [0, 0.05) is 33.4 Å². The molecule has 1 aliphatic rings. The molecular weight excluding hydrogens is 252 g/mol. The van der Waals surface area contributed by atoms with E-state index in [0.29, 0.717) is 19.8 Å². The molecule has 1 heterocycles. The van der Waals surface area contributed by atoms with Crippen LogP contribution in [0.3, 0.4) is 0 Å². The number of nitrogens with two attached hydrogens (primary N) is 1. The third-order valence-corrected chi connectivity index (χ3v) is 3.35. The summed E-state index contributed by atoms with van der Waals surface area (Å²) in [6.07, 6.45) is 1.49. The van der Waals surface area contributed by atoms with E-state index in [-0.39, 0.29) is 23.7 Å². The first kappa shape index (κ1) is 17.7. The van der Waals surface area contributed by atoms with Gasteiger partial charge in [-0.25, -0.2) is 0 Å². The summed E-state index contributed by atoms with van der Waals surface area (Å²) < 4.78 is 5.33. The molecule has 0 aliphatic carbocycles. The van der Waals surface area contributed by atoms with Gasteiger partial charge in [-0.3, -0.25) is 4.79 Å². The molecule has 108 valence electrons. The summed E-state index contributed by atoms with van der Waals surface area (Å²) in [6, 6.07) is 0. The molecule has 0 unspecified atom stereocenters. The van der Waals surface area contributed by atoms with Crippen molar-refractivity contribution >= 4 is 18.3 Å². The van der Waals surface area contributed by atoms with Crippen LogP contribution in [0.25, 0.3) is 0 Å². The molecule has 2 N–H and O–H groups in total. The number of ether oxygens (including phenoxy) is 1. The molecule has 1 saturated heterocycles. The average molecular weight is 279 g/mol. The van der Waals surface area contributed by atoms with Crippen molar-refractivity contribution in [2.45, 2.75) is 33.6 Å². The van der Waals surface area contributed by atoms with Crippen LogP contribution in [0.2, 0.25) is 0 Å². The smallest absolute Gasteiger partial charge is 0.230 e.